The van der Waals surface area contributed by atoms with E-state index < -0.39 is 23.5 Å². The lowest BCUT2D eigenvalue weighted by molar-refractivity contribution is -0.326. The van der Waals surface area contributed by atoms with Gasteiger partial charge in [-0.25, -0.2) is 0 Å². The van der Waals surface area contributed by atoms with Gasteiger partial charge in [0.1, 0.15) is 5.92 Å². The first-order chi connectivity index (χ1) is 13.8. The average molecular weight is 405 g/mol. The average Bonchev–Trinajstić information content (AvgIpc) is 3.38. The van der Waals surface area contributed by atoms with Crippen LogP contribution in [0.3, 0.4) is 0 Å². The summed E-state index contributed by atoms with van der Waals surface area (Å²) >= 11 is 0. The van der Waals surface area contributed by atoms with Gasteiger partial charge in [0.15, 0.2) is 11.5 Å². The van der Waals surface area contributed by atoms with E-state index >= 15 is 0 Å². The van der Waals surface area contributed by atoms with Gasteiger partial charge in [0.25, 0.3) is 0 Å². The van der Waals surface area contributed by atoms with Crippen LogP contribution in [-0.4, -0.2) is 58.9 Å². The molecule has 6 rings (SSSR count). The number of unbranched alkanes of at least 4 members (excludes halogenated alkanes) is 1. The van der Waals surface area contributed by atoms with Gasteiger partial charge in [-0.15, -0.1) is 0 Å². The van der Waals surface area contributed by atoms with Gasteiger partial charge >= 0.3 is 5.97 Å². The number of aliphatic hydroxyl groups is 1. The van der Waals surface area contributed by atoms with Gasteiger partial charge in [0.2, 0.25) is 11.5 Å². The Balaban J connectivity index is 1.45. The Morgan fingerprint density at radius 2 is 2.14 bits per heavy atom. The van der Waals surface area contributed by atoms with Crippen molar-refractivity contribution in [2.45, 2.75) is 82.1 Å². The highest BCUT2D eigenvalue weighted by Crippen LogP contribution is 2.74. The molecule has 3 unspecified atom stereocenters. The number of nitrogens with zero attached hydrogens (tertiary/aromatic N) is 1. The van der Waals surface area contributed by atoms with Gasteiger partial charge in [-0.3, -0.25) is 9.69 Å². The SMILES string of the molecule is CCCC[C@@]12[C@@H]3C[C@H]4[C@H]5[C@H](C)C(O)(C6=C(OC)C(C)C(=O)O6)O[C@@]5(O3)[C@@H]1CCN42. The summed E-state index contributed by atoms with van der Waals surface area (Å²) in [6, 6.07) is 0.342. The predicted molar refractivity (Wildman–Crippen MR) is 101 cm³/mol. The molecule has 5 saturated heterocycles. The zero-order chi connectivity index (χ0) is 20.3. The standard InChI is InChI=1S/C22H31NO6/c1-5-6-8-20-14-7-9-23(20)13-10-15(20)28-22(14)16(13)12(3)21(25,29-22)18-17(26-4)11(2)19(24)27-18/h11-16,25H,5-10H2,1-4H3/t11?,12-,13-,14+,15-,16+,20-,21?,22-/m0/s1. The van der Waals surface area contributed by atoms with Crippen LogP contribution in [0.2, 0.25) is 0 Å². The van der Waals surface area contributed by atoms with Crippen LogP contribution in [0.15, 0.2) is 11.5 Å². The number of ether oxygens (including phenoxy) is 4. The van der Waals surface area contributed by atoms with Crippen molar-refractivity contribution in [3.8, 4) is 0 Å². The molecule has 0 aromatic carbocycles. The number of rotatable bonds is 5. The van der Waals surface area contributed by atoms with Crippen molar-refractivity contribution in [3.63, 3.8) is 0 Å². The summed E-state index contributed by atoms with van der Waals surface area (Å²) in [6.07, 6.45) is 5.66. The summed E-state index contributed by atoms with van der Waals surface area (Å²) < 4.78 is 24.3. The number of carbonyl (C=O) groups excluding carboxylic acids is 1. The summed E-state index contributed by atoms with van der Waals surface area (Å²) in [7, 11) is 1.51. The maximum atomic E-state index is 12.3. The molecule has 0 radical (unpaired) electrons. The third-order valence-electron chi connectivity index (χ3n) is 9.02. The number of hydrogen-bond acceptors (Lipinski definition) is 7. The Morgan fingerprint density at radius 3 is 2.86 bits per heavy atom. The van der Waals surface area contributed by atoms with E-state index in [1.165, 1.54) is 13.5 Å². The zero-order valence-electron chi connectivity index (χ0n) is 17.6. The fourth-order valence-corrected chi connectivity index (χ4v) is 7.96. The lowest BCUT2D eigenvalue weighted by Gasteiger charge is -2.48. The minimum atomic E-state index is -1.71. The molecule has 1 spiro atoms. The van der Waals surface area contributed by atoms with Crippen molar-refractivity contribution in [1.29, 1.82) is 0 Å². The van der Waals surface area contributed by atoms with Crippen LogP contribution >= 0.6 is 0 Å². The van der Waals surface area contributed by atoms with Crippen LogP contribution < -0.4 is 0 Å². The normalized spacial score (nSPS) is 56.4. The molecule has 10 atom stereocenters. The fourth-order valence-electron chi connectivity index (χ4n) is 7.96. The summed E-state index contributed by atoms with van der Waals surface area (Å²) in [5.74, 6) is -2.94. The van der Waals surface area contributed by atoms with E-state index in [9.17, 15) is 9.90 Å². The zero-order valence-corrected chi connectivity index (χ0v) is 17.6. The first kappa shape index (κ1) is 18.6. The van der Waals surface area contributed by atoms with Crippen molar-refractivity contribution in [1.82, 2.24) is 4.90 Å². The molecule has 29 heavy (non-hydrogen) atoms. The van der Waals surface area contributed by atoms with Gasteiger partial charge in [0.05, 0.1) is 18.8 Å². The second-order valence-electron chi connectivity index (χ2n) is 9.91. The summed E-state index contributed by atoms with van der Waals surface area (Å²) in [5, 5.41) is 11.8. The van der Waals surface area contributed by atoms with Crippen LogP contribution in [-0.2, 0) is 23.7 Å². The minimum Gasteiger partial charge on any atom is -0.496 e. The lowest BCUT2D eigenvalue weighted by atomic mass is 9.69. The largest absolute Gasteiger partial charge is 0.496 e. The predicted octanol–water partition coefficient (Wildman–Crippen LogP) is 2.14. The lowest BCUT2D eigenvalue weighted by Crippen LogP contribution is -2.61. The van der Waals surface area contributed by atoms with E-state index in [2.05, 4.69) is 11.8 Å². The Kier molecular flexibility index (Phi) is 3.56. The van der Waals surface area contributed by atoms with Gasteiger partial charge in [-0.05, 0) is 32.7 Å². The molecule has 7 nitrogen and oxygen atoms in total. The molecule has 6 aliphatic heterocycles. The van der Waals surface area contributed by atoms with Crippen molar-refractivity contribution in [3.05, 3.63) is 11.5 Å². The van der Waals surface area contributed by atoms with Gasteiger partial charge < -0.3 is 24.1 Å². The quantitative estimate of drug-likeness (QED) is 0.702. The summed E-state index contributed by atoms with van der Waals surface area (Å²) in [4.78, 5) is 14.9. The highest BCUT2D eigenvalue weighted by molar-refractivity contribution is 5.79. The number of carbonyl (C=O) groups is 1. The number of hydrogen-bond donors (Lipinski definition) is 1. The van der Waals surface area contributed by atoms with Crippen molar-refractivity contribution in [2.24, 2.45) is 23.7 Å². The first-order valence-corrected chi connectivity index (χ1v) is 11.2. The molecule has 160 valence electrons. The molecule has 0 aromatic rings. The van der Waals surface area contributed by atoms with E-state index in [0.29, 0.717) is 11.8 Å². The van der Waals surface area contributed by atoms with Gasteiger partial charge in [-0.1, -0.05) is 26.7 Å². The van der Waals surface area contributed by atoms with Crippen LogP contribution in [0.25, 0.3) is 0 Å². The molecule has 5 bridgehead atoms. The highest BCUT2D eigenvalue weighted by Gasteiger charge is 2.86. The molecule has 0 aromatic heterocycles. The molecular formula is C22H31NO6. The van der Waals surface area contributed by atoms with Crippen LogP contribution in [0.4, 0.5) is 0 Å². The molecule has 6 aliphatic rings. The van der Waals surface area contributed by atoms with Gasteiger partial charge in [0, 0.05) is 23.8 Å². The molecule has 0 amide bonds. The number of esters is 1. The topological polar surface area (TPSA) is 77.5 Å². The summed E-state index contributed by atoms with van der Waals surface area (Å²) in [6.45, 7) is 7.06. The smallest absolute Gasteiger partial charge is 0.321 e. The monoisotopic (exact) mass is 405 g/mol. The first-order valence-electron chi connectivity index (χ1n) is 11.2. The molecule has 6 heterocycles. The number of cyclic esters (lactones) is 1. The maximum Gasteiger partial charge on any atom is 0.321 e. The second kappa shape index (κ2) is 5.55. The third-order valence-corrected chi connectivity index (χ3v) is 9.02. The van der Waals surface area contributed by atoms with Crippen molar-refractivity contribution >= 4 is 5.97 Å². The highest BCUT2D eigenvalue weighted by atomic mass is 16.8. The van der Waals surface area contributed by atoms with E-state index in [1.807, 2.05) is 6.92 Å². The maximum absolute atomic E-state index is 12.3. The molecule has 7 heteroatoms. The number of piperidine rings is 1. The van der Waals surface area contributed by atoms with E-state index in [0.717, 1.165) is 32.2 Å². The number of fused-ring (bicyclic) bond motifs is 1. The Bertz CT molecular complexity index is 813. The van der Waals surface area contributed by atoms with Crippen molar-refractivity contribution < 1.29 is 28.8 Å². The Labute approximate surface area is 171 Å². The molecule has 0 saturated carbocycles. The van der Waals surface area contributed by atoms with E-state index in [-0.39, 0.29) is 35.2 Å². The van der Waals surface area contributed by atoms with Crippen molar-refractivity contribution in [2.75, 3.05) is 13.7 Å². The third kappa shape index (κ3) is 1.80. The molecule has 0 aliphatic carbocycles. The molecule has 5 fully saturated rings. The summed E-state index contributed by atoms with van der Waals surface area (Å²) in [5.41, 5.74) is 0.0419. The molecular weight excluding hydrogens is 374 g/mol. The van der Waals surface area contributed by atoms with Gasteiger partial charge in [-0.2, -0.15) is 0 Å². The van der Waals surface area contributed by atoms with E-state index in [4.69, 9.17) is 18.9 Å². The van der Waals surface area contributed by atoms with Crippen LogP contribution in [0.1, 0.15) is 52.9 Å². The minimum absolute atomic E-state index is 0.0419. The van der Waals surface area contributed by atoms with E-state index in [1.54, 1.807) is 6.92 Å². The number of methoxy groups -OCH3 is 1. The molecule has 1 N–H and O–H groups in total. The van der Waals surface area contributed by atoms with Crippen LogP contribution in [0, 0.1) is 23.7 Å². The second-order valence-corrected chi connectivity index (χ2v) is 9.91. The Hall–Kier alpha value is -1.15. The van der Waals surface area contributed by atoms with Crippen LogP contribution in [0.5, 0.6) is 0 Å². The fraction of sp³-hybridized carbons (Fsp3) is 0.864. The Morgan fingerprint density at radius 1 is 1.34 bits per heavy atom.